The maximum atomic E-state index is 11.4. The van der Waals surface area contributed by atoms with Crippen LogP contribution in [0.4, 0.5) is 4.79 Å². The number of aliphatic hydroxyl groups excluding tert-OH is 1. The van der Waals surface area contributed by atoms with Crippen LogP contribution >= 0.6 is 11.6 Å². The third kappa shape index (κ3) is 7.68. The second kappa shape index (κ2) is 12.2. The van der Waals surface area contributed by atoms with Gasteiger partial charge in [-0.05, 0) is 72.8 Å². The molecule has 0 aromatic heterocycles. The van der Waals surface area contributed by atoms with Gasteiger partial charge in [-0.3, -0.25) is 0 Å². The topological polar surface area (TPSA) is 67.8 Å². The summed E-state index contributed by atoms with van der Waals surface area (Å²) in [4.78, 5) is 11.4. The fourth-order valence-electron chi connectivity index (χ4n) is 3.28. The van der Waals surface area contributed by atoms with Gasteiger partial charge < -0.3 is 19.9 Å². The second-order valence-electron chi connectivity index (χ2n) is 7.45. The van der Waals surface area contributed by atoms with E-state index in [0.29, 0.717) is 17.3 Å². The molecule has 168 valence electrons. The molecule has 0 saturated carbocycles. The Morgan fingerprint density at radius 3 is 2.31 bits per heavy atom. The van der Waals surface area contributed by atoms with E-state index >= 15 is 0 Å². The molecule has 3 aromatic carbocycles. The third-order valence-electron chi connectivity index (χ3n) is 4.98. The summed E-state index contributed by atoms with van der Waals surface area (Å²) < 4.78 is 9.85. The van der Waals surface area contributed by atoms with Crippen LogP contribution in [0.1, 0.15) is 35.3 Å². The summed E-state index contributed by atoms with van der Waals surface area (Å²) in [5.41, 5.74) is 4.38. The zero-order chi connectivity index (χ0) is 22.8. The molecule has 2 N–H and O–H groups in total. The highest BCUT2D eigenvalue weighted by molar-refractivity contribution is 6.30. The van der Waals surface area contributed by atoms with Gasteiger partial charge in [-0.15, -0.1) is 0 Å². The molecule has 0 heterocycles. The summed E-state index contributed by atoms with van der Waals surface area (Å²) in [6.45, 7) is 3.28. The Balaban J connectivity index is 1.41. The molecule has 0 radical (unpaired) electrons. The molecule has 0 amide bonds. The molecule has 0 aliphatic carbocycles. The monoisotopic (exact) mass is 453 g/mol. The third-order valence-corrected chi connectivity index (χ3v) is 5.21. The van der Waals surface area contributed by atoms with Gasteiger partial charge in [0.05, 0.1) is 12.7 Å². The number of aliphatic hydroxyl groups is 1. The first-order chi connectivity index (χ1) is 15.5. The van der Waals surface area contributed by atoms with Crippen molar-refractivity contribution in [2.24, 2.45) is 0 Å². The molecule has 1 unspecified atom stereocenters. The summed E-state index contributed by atoms with van der Waals surface area (Å²) in [6.07, 6.45) is 0.404. The predicted octanol–water partition coefficient (Wildman–Crippen LogP) is 5.33. The van der Waals surface area contributed by atoms with Crippen molar-refractivity contribution < 1.29 is 19.4 Å². The fraction of sp³-hybridized carbons (Fsp3) is 0.269. The Bertz CT molecular complexity index is 989. The number of ether oxygens (including phenoxy) is 2. The van der Waals surface area contributed by atoms with Crippen LogP contribution in [0.25, 0.3) is 0 Å². The van der Waals surface area contributed by atoms with Crippen LogP contribution in [0.2, 0.25) is 5.02 Å². The molecular formula is C26H28ClNO4. The molecule has 5 nitrogen and oxygen atoms in total. The van der Waals surface area contributed by atoms with E-state index in [4.69, 9.17) is 21.1 Å². The summed E-state index contributed by atoms with van der Waals surface area (Å²) >= 11 is 5.98. The standard InChI is InChI=1S/C26H28ClNO4/c1-2-31-26(30)32-24-12-10-21(11-13-24)16-20-8-6-19(7-9-20)14-15-28-18-25(29)22-4-3-5-23(27)17-22/h3-13,17,25,28-29H,2,14-16,18H2,1H3. The maximum Gasteiger partial charge on any atom is 0.513 e. The molecule has 0 saturated heterocycles. The Hall–Kier alpha value is -2.86. The lowest BCUT2D eigenvalue weighted by molar-refractivity contribution is 0.104. The van der Waals surface area contributed by atoms with Crippen LogP contribution < -0.4 is 10.1 Å². The SMILES string of the molecule is CCOC(=O)Oc1ccc(Cc2ccc(CCNCC(O)c3cccc(Cl)c3)cc2)cc1. The number of benzene rings is 3. The van der Waals surface area contributed by atoms with Crippen LogP contribution in [0.3, 0.4) is 0 Å². The lowest BCUT2D eigenvalue weighted by Crippen LogP contribution is -2.23. The smallest absolute Gasteiger partial charge is 0.434 e. The van der Waals surface area contributed by atoms with Gasteiger partial charge in [-0.1, -0.05) is 60.1 Å². The van der Waals surface area contributed by atoms with E-state index in [-0.39, 0.29) is 6.61 Å². The zero-order valence-electron chi connectivity index (χ0n) is 18.1. The molecular weight excluding hydrogens is 426 g/mol. The Kier molecular flexibility index (Phi) is 9.11. The summed E-state index contributed by atoms with van der Waals surface area (Å²) in [5, 5.41) is 14.2. The van der Waals surface area contributed by atoms with Gasteiger partial charge >= 0.3 is 6.16 Å². The highest BCUT2D eigenvalue weighted by Crippen LogP contribution is 2.18. The van der Waals surface area contributed by atoms with E-state index < -0.39 is 12.3 Å². The molecule has 1 atom stereocenters. The van der Waals surface area contributed by atoms with Crippen LogP contribution in [-0.2, 0) is 17.6 Å². The average Bonchev–Trinajstić information content (AvgIpc) is 2.79. The first-order valence-corrected chi connectivity index (χ1v) is 11.1. The van der Waals surface area contributed by atoms with Crippen molar-refractivity contribution in [3.8, 4) is 5.75 Å². The molecule has 0 aliphatic rings. The molecule has 0 aliphatic heterocycles. The number of carbonyl (C=O) groups is 1. The quantitative estimate of drug-likeness (QED) is 0.246. The van der Waals surface area contributed by atoms with Crippen molar-refractivity contribution in [3.05, 3.63) is 100 Å². The van der Waals surface area contributed by atoms with Gasteiger partial charge in [-0.25, -0.2) is 4.79 Å². The molecule has 0 spiro atoms. The van der Waals surface area contributed by atoms with Gasteiger partial charge in [0.1, 0.15) is 5.75 Å². The van der Waals surface area contributed by atoms with Crippen molar-refractivity contribution in [1.29, 1.82) is 0 Å². The number of hydrogen-bond acceptors (Lipinski definition) is 5. The van der Waals surface area contributed by atoms with Crippen molar-refractivity contribution >= 4 is 17.8 Å². The molecule has 32 heavy (non-hydrogen) atoms. The van der Waals surface area contributed by atoms with Crippen molar-refractivity contribution in [3.63, 3.8) is 0 Å². The van der Waals surface area contributed by atoms with Gasteiger partial charge in [0.15, 0.2) is 0 Å². The normalized spacial score (nSPS) is 11.7. The predicted molar refractivity (Wildman–Crippen MR) is 126 cm³/mol. The lowest BCUT2D eigenvalue weighted by atomic mass is 10.0. The number of halogens is 1. The van der Waals surface area contributed by atoms with Crippen molar-refractivity contribution in [2.75, 3.05) is 19.7 Å². The van der Waals surface area contributed by atoms with Crippen LogP contribution in [-0.4, -0.2) is 31.0 Å². The number of hydrogen-bond donors (Lipinski definition) is 2. The first-order valence-electron chi connectivity index (χ1n) is 10.7. The van der Waals surface area contributed by atoms with E-state index in [0.717, 1.165) is 30.5 Å². The van der Waals surface area contributed by atoms with E-state index in [1.807, 2.05) is 24.3 Å². The van der Waals surface area contributed by atoms with Crippen LogP contribution in [0, 0.1) is 0 Å². The molecule has 0 bridgehead atoms. The average molecular weight is 454 g/mol. The van der Waals surface area contributed by atoms with Crippen molar-refractivity contribution in [1.82, 2.24) is 5.32 Å². The molecule has 6 heteroatoms. The van der Waals surface area contributed by atoms with Gasteiger partial charge in [0.25, 0.3) is 0 Å². The molecule has 3 rings (SSSR count). The Morgan fingerprint density at radius 1 is 1.00 bits per heavy atom. The highest BCUT2D eigenvalue weighted by Gasteiger charge is 2.07. The van der Waals surface area contributed by atoms with E-state index in [1.54, 1.807) is 31.2 Å². The highest BCUT2D eigenvalue weighted by atomic mass is 35.5. The zero-order valence-corrected chi connectivity index (χ0v) is 18.8. The minimum absolute atomic E-state index is 0.286. The fourth-order valence-corrected chi connectivity index (χ4v) is 3.48. The second-order valence-corrected chi connectivity index (χ2v) is 7.88. The van der Waals surface area contributed by atoms with Crippen LogP contribution in [0.5, 0.6) is 5.75 Å². The lowest BCUT2D eigenvalue weighted by Gasteiger charge is -2.12. The number of nitrogens with one attached hydrogen (secondary N) is 1. The minimum Gasteiger partial charge on any atom is -0.434 e. The maximum absolute atomic E-state index is 11.4. The van der Waals surface area contributed by atoms with Gasteiger partial charge in [0, 0.05) is 11.6 Å². The summed E-state index contributed by atoms with van der Waals surface area (Å²) in [5.74, 6) is 0.468. The Labute approximate surface area is 194 Å². The molecule has 3 aromatic rings. The van der Waals surface area contributed by atoms with E-state index in [2.05, 4.69) is 29.6 Å². The van der Waals surface area contributed by atoms with E-state index in [9.17, 15) is 9.90 Å². The summed E-state index contributed by atoms with van der Waals surface area (Å²) in [6, 6.07) is 23.2. The minimum atomic E-state index is -0.690. The largest absolute Gasteiger partial charge is 0.513 e. The molecule has 0 fully saturated rings. The first kappa shape index (κ1) is 23.8. The van der Waals surface area contributed by atoms with E-state index in [1.165, 1.54) is 11.1 Å². The number of rotatable bonds is 10. The Morgan fingerprint density at radius 2 is 1.66 bits per heavy atom. The van der Waals surface area contributed by atoms with Gasteiger partial charge in [0.2, 0.25) is 0 Å². The van der Waals surface area contributed by atoms with Crippen molar-refractivity contribution in [2.45, 2.75) is 25.9 Å². The summed E-state index contributed by atoms with van der Waals surface area (Å²) in [7, 11) is 0. The van der Waals surface area contributed by atoms with Crippen LogP contribution in [0.15, 0.2) is 72.8 Å². The number of carbonyl (C=O) groups excluding carboxylic acids is 1. The van der Waals surface area contributed by atoms with Gasteiger partial charge in [-0.2, -0.15) is 0 Å².